The molecule has 0 bridgehead atoms. The van der Waals surface area contributed by atoms with Gasteiger partial charge in [-0.2, -0.15) is 10.1 Å². The quantitative estimate of drug-likeness (QED) is 0.855. The van der Waals surface area contributed by atoms with Gasteiger partial charge in [0.15, 0.2) is 5.82 Å². The first-order valence-electron chi connectivity index (χ1n) is 7.75. The summed E-state index contributed by atoms with van der Waals surface area (Å²) >= 11 is 0. The Hall–Kier alpha value is -1.73. The molecule has 0 radical (unpaired) electrons. The van der Waals surface area contributed by atoms with Crippen molar-refractivity contribution in [2.24, 2.45) is 7.05 Å². The van der Waals surface area contributed by atoms with Crippen LogP contribution < -0.4 is 0 Å². The molecule has 7 heteroatoms. The van der Waals surface area contributed by atoms with Crippen molar-refractivity contribution in [1.82, 2.24) is 24.8 Å². The number of rotatable bonds is 4. The van der Waals surface area contributed by atoms with Crippen molar-refractivity contribution in [2.75, 3.05) is 13.2 Å². The van der Waals surface area contributed by atoms with Crippen molar-refractivity contribution in [1.29, 1.82) is 0 Å². The summed E-state index contributed by atoms with van der Waals surface area (Å²) in [6, 6.07) is -0.0140. The number of aromatic nitrogens is 4. The Morgan fingerprint density at radius 2 is 2.23 bits per heavy atom. The van der Waals surface area contributed by atoms with E-state index in [1.54, 1.807) is 0 Å². The molecule has 120 valence electrons. The van der Waals surface area contributed by atoms with E-state index < -0.39 is 0 Å². The second-order valence-corrected chi connectivity index (χ2v) is 5.80. The summed E-state index contributed by atoms with van der Waals surface area (Å²) in [6.07, 6.45) is 3.05. The van der Waals surface area contributed by atoms with Gasteiger partial charge in [0.25, 0.3) is 0 Å². The van der Waals surface area contributed by atoms with Crippen molar-refractivity contribution >= 4 is 0 Å². The highest BCUT2D eigenvalue weighted by Crippen LogP contribution is 2.30. The number of hydrogen-bond donors (Lipinski definition) is 0. The van der Waals surface area contributed by atoms with E-state index in [1.807, 2.05) is 18.7 Å². The molecule has 1 saturated heterocycles. The lowest BCUT2D eigenvalue weighted by Gasteiger charge is -2.37. The Labute approximate surface area is 130 Å². The number of hydrogen-bond acceptors (Lipinski definition) is 6. The van der Waals surface area contributed by atoms with Gasteiger partial charge in [0.05, 0.1) is 18.4 Å². The Kier molecular flexibility index (Phi) is 4.26. The molecule has 2 aromatic heterocycles. The maximum atomic E-state index is 5.79. The van der Waals surface area contributed by atoms with E-state index in [0.717, 1.165) is 25.2 Å². The van der Waals surface area contributed by atoms with Crippen LogP contribution in [0.25, 0.3) is 0 Å². The third kappa shape index (κ3) is 2.91. The molecule has 0 saturated carbocycles. The molecule has 0 aliphatic carbocycles. The van der Waals surface area contributed by atoms with Crippen LogP contribution in [0.5, 0.6) is 0 Å². The molecular weight excluding hydrogens is 282 g/mol. The van der Waals surface area contributed by atoms with E-state index in [1.165, 1.54) is 5.56 Å². The van der Waals surface area contributed by atoms with E-state index >= 15 is 0 Å². The van der Waals surface area contributed by atoms with E-state index in [4.69, 9.17) is 9.26 Å². The molecule has 0 amide bonds. The fraction of sp³-hybridized carbons (Fsp3) is 0.667. The number of aryl methyl sites for hydroxylation is 3. The lowest BCUT2D eigenvalue weighted by atomic mass is 10.1. The van der Waals surface area contributed by atoms with Gasteiger partial charge in [-0.25, -0.2) is 0 Å². The van der Waals surface area contributed by atoms with Gasteiger partial charge in [0.1, 0.15) is 6.04 Å². The van der Waals surface area contributed by atoms with Gasteiger partial charge < -0.3 is 9.26 Å². The average Bonchev–Trinajstić information content (AvgIpc) is 3.05. The first kappa shape index (κ1) is 15.2. The van der Waals surface area contributed by atoms with Crippen LogP contribution in [0.1, 0.15) is 42.9 Å². The fourth-order valence-electron chi connectivity index (χ4n) is 3.08. The van der Waals surface area contributed by atoms with Crippen LogP contribution in [0.3, 0.4) is 0 Å². The lowest BCUT2D eigenvalue weighted by Crippen LogP contribution is -2.43. The summed E-state index contributed by atoms with van der Waals surface area (Å²) in [6.45, 7) is 8.40. The molecule has 7 nitrogen and oxygen atoms in total. The average molecular weight is 305 g/mol. The van der Waals surface area contributed by atoms with Gasteiger partial charge in [-0.3, -0.25) is 9.58 Å². The third-order valence-corrected chi connectivity index (χ3v) is 4.09. The van der Waals surface area contributed by atoms with Crippen LogP contribution >= 0.6 is 0 Å². The van der Waals surface area contributed by atoms with Crippen molar-refractivity contribution in [2.45, 2.75) is 45.9 Å². The fourth-order valence-corrected chi connectivity index (χ4v) is 3.08. The highest BCUT2D eigenvalue weighted by molar-refractivity contribution is 5.17. The molecule has 0 aromatic carbocycles. The van der Waals surface area contributed by atoms with Crippen molar-refractivity contribution in [3.05, 3.63) is 29.2 Å². The maximum Gasteiger partial charge on any atom is 0.246 e. The predicted octanol–water partition coefficient (Wildman–Crippen LogP) is 1.64. The number of nitrogens with zero attached hydrogens (tertiary/aromatic N) is 5. The minimum atomic E-state index is -0.0140. The van der Waals surface area contributed by atoms with Crippen LogP contribution in [0.15, 0.2) is 10.7 Å². The summed E-state index contributed by atoms with van der Waals surface area (Å²) < 4.78 is 13.1. The van der Waals surface area contributed by atoms with Gasteiger partial charge in [-0.05, 0) is 20.3 Å². The van der Waals surface area contributed by atoms with Gasteiger partial charge in [0.2, 0.25) is 5.89 Å². The number of ether oxygens (including phenoxy) is 1. The van der Waals surface area contributed by atoms with Gasteiger partial charge >= 0.3 is 0 Å². The molecule has 1 aliphatic rings. The first-order chi connectivity index (χ1) is 10.6. The highest BCUT2D eigenvalue weighted by Gasteiger charge is 2.35. The summed E-state index contributed by atoms with van der Waals surface area (Å²) in [5.41, 5.74) is 2.39. The monoisotopic (exact) mass is 305 g/mol. The van der Waals surface area contributed by atoms with Gasteiger partial charge in [-0.15, -0.1) is 0 Å². The summed E-state index contributed by atoms with van der Waals surface area (Å²) in [7, 11) is 1.96. The summed E-state index contributed by atoms with van der Waals surface area (Å²) in [5, 5.41) is 8.44. The third-order valence-electron chi connectivity index (χ3n) is 4.09. The highest BCUT2D eigenvalue weighted by atomic mass is 16.5. The Morgan fingerprint density at radius 1 is 1.41 bits per heavy atom. The summed E-state index contributed by atoms with van der Waals surface area (Å²) in [5.74, 6) is 1.29. The van der Waals surface area contributed by atoms with Crippen LogP contribution in [0.2, 0.25) is 0 Å². The molecule has 2 aromatic rings. The SMILES string of the molecule is CCc1nn(C)cc1CN1CCO[C@H](C)[C@H]1c1nc(C)no1. The van der Waals surface area contributed by atoms with E-state index in [-0.39, 0.29) is 12.1 Å². The maximum absolute atomic E-state index is 5.79. The normalized spacial score (nSPS) is 23.1. The van der Waals surface area contributed by atoms with Gasteiger partial charge in [0, 0.05) is 31.9 Å². The van der Waals surface area contributed by atoms with Gasteiger partial charge in [-0.1, -0.05) is 12.1 Å². The minimum Gasteiger partial charge on any atom is -0.375 e. The van der Waals surface area contributed by atoms with Crippen LogP contribution in [-0.4, -0.2) is 44.1 Å². The zero-order valence-electron chi connectivity index (χ0n) is 13.6. The largest absolute Gasteiger partial charge is 0.375 e. The molecular formula is C15H23N5O2. The molecule has 0 N–H and O–H groups in total. The molecule has 1 fully saturated rings. The van der Waals surface area contributed by atoms with Crippen molar-refractivity contribution in [3.8, 4) is 0 Å². The topological polar surface area (TPSA) is 69.2 Å². The van der Waals surface area contributed by atoms with Crippen LogP contribution in [0.4, 0.5) is 0 Å². The molecule has 3 heterocycles. The minimum absolute atomic E-state index is 0.0140. The first-order valence-corrected chi connectivity index (χ1v) is 7.75. The second kappa shape index (κ2) is 6.18. The molecule has 0 spiro atoms. The van der Waals surface area contributed by atoms with Crippen LogP contribution in [0, 0.1) is 6.92 Å². The van der Waals surface area contributed by atoms with Crippen molar-refractivity contribution in [3.63, 3.8) is 0 Å². The zero-order chi connectivity index (χ0) is 15.7. The molecule has 1 aliphatic heterocycles. The molecule has 3 rings (SSSR count). The predicted molar refractivity (Wildman–Crippen MR) is 80.2 cm³/mol. The zero-order valence-corrected chi connectivity index (χ0v) is 13.6. The molecule has 0 unspecified atom stereocenters. The molecule has 22 heavy (non-hydrogen) atoms. The Balaban J connectivity index is 1.86. The summed E-state index contributed by atoms with van der Waals surface area (Å²) in [4.78, 5) is 6.75. The Morgan fingerprint density at radius 3 is 2.91 bits per heavy atom. The standard InChI is InChI=1S/C15H23N5O2/c1-5-13-12(8-19(4)17-13)9-20-6-7-21-10(2)14(20)15-16-11(3)18-22-15/h8,10,14H,5-7,9H2,1-4H3/t10-,14+/m1/s1. The van der Waals surface area contributed by atoms with Crippen molar-refractivity contribution < 1.29 is 9.26 Å². The molecule has 2 atom stereocenters. The second-order valence-electron chi connectivity index (χ2n) is 5.80. The van der Waals surface area contributed by atoms with Crippen LogP contribution in [-0.2, 0) is 24.8 Å². The number of morpholine rings is 1. The smallest absolute Gasteiger partial charge is 0.246 e. The Bertz CT molecular complexity index is 636. The van der Waals surface area contributed by atoms with E-state index in [0.29, 0.717) is 18.3 Å². The van der Waals surface area contributed by atoms with E-state index in [2.05, 4.69) is 40.2 Å². The van der Waals surface area contributed by atoms with E-state index in [9.17, 15) is 0 Å². The lowest BCUT2D eigenvalue weighted by molar-refractivity contribution is -0.0764.